The van der Waals surface area contributed by atoms with E-state index >= 15 is 8.78 Å². The molecule has 0 aliphatic rings. The van der Waals surface area contributed by atoms with Crippen molar-refractivity contribution in [1.29, 1.82) is 0 Å². The van der Waals surface area contributed by atoms with Gasteiger partial charge in [-0.1, -0.05) is 154 Å². The summed E-state index contributed by atoms with van der Waals surface area (Å²) in [5.74, 6) is -4.00. The Hall–Kier alpha value is -6.94. The number of ether oxygens (including phenoxy) is 4. The van der Waals surface area contributed by atoms with E-state index in [9.17, 15) is 19.2 Å². The first-order valence-corrected chi connectivity index (χ1v) is 27.0. The molecule has 0 heterocycles. The van der Waals surface area contributed by atoms with E-state index in [2.05, 4.69) is 13.8 Å². The first-order valence-electron chi connectivity index (χ1n) is 27.0. The molecule has 0 spiro atoms. The maximum absolute atomic E-state index is 15.5. The minimum absolute atomic E-state index is 0.0460. The number of hydrogen-bond donors (Lipinski definition) is 0. The van der Waals surface area contributed by atoms with Gasteiger partial charge in [0.25, 0.3) is 0 Å². The van der Waals surface area contributed by atoms with Crippen molar-refractivity contribution in [1.82, 2.24) is 0 Å². The number of benzene rings is 6. The molecule has 0 saturated carbocycles. The summed E-state index contributed by atoms with van der Waals surface area (Å²) in [6.45, 7) is 4.48. The summed E-state index contributed by atoms with van der Waals surface area (Å²) in [5.41, 5.74) is 3.07. The molecule has 0 N–H and O–H groups in total. The van der Waals surface area contributed by atoms with Crippen LogP contribution >= 0.6 is 0 Å². The predicted octanol–water partition coefficient (Wildman–Crippen LogP) is 17.4. The van der Waals surface area contributed by atoms with Gasteiger partial charge in [0.2, 0.25) is 0 Å². The van der Waals surface area contributed by atoms with Gasteiger partial charge in [0.1, 0.15) is 34.6 Å². The van der Waals surface area contributed by atoms with Gasteiger partial charge in [-0.2, -0.15) is 0 Å². The molecule has 6 rings (SSSR count). The van der Waals surface area contributed by atoms with Crippen LogP contribution in [0, 0.1) is 11.6 Å². The third-order valence-corrected chi connectivity index (χ3v) is 13.2. The molecule has 0 saturated heterocycles. The molecular weight excluding hydrogens is 935 g/mol. The van der Waals surface area contributed by atoms with E-state index in [-0.39, 0.29) is 45.3 Å². The minimum atomic E-state index is -0.891. The van der Waals surface area contributed by atoms with Crippen LogP contribution < -0.4 is 18.9 Å². The Morgan fingerprint density at radius 3 is 0.973 bits per heavy atom. The zero-order valence-electron chi connectivity index (χ0n) is 43.3. The van der Waals surface area contributed by atoms with Crippen molar-refractivity contribution in [3.8, 4) is 34.1 Å². The molecule has 6 aromatic carbocycles. The van der Waals surface area contributed by atoms with Gasteiger partial charge in [0.05, 0.1) is 22.3 Å². The maximum atomic E-state index is 15.5. The number of unbranched alkanes of at least 4 members (excludes halogenated alkanes) is 18. The fourth-order valence-corrected chi connectivity index (χ4v) is 8.78. The monoisotopic (exact) mass is 1010 g/mol. The van der Waals surface area contributed by atoms with E-state index in [0.29, 0.717) is 11.1 Å². The molecule has 10 heteroatoms. The molecule has 0 atom stereocenters. The van der Waals surface area contributed by atoms with Crippen molar-refractivity contribution in [2.24, 2.45) is 0 Å². The van der Waals surface area contributed by atoms with Crippen LogP contribution in [0.5, 0.6) is 23.0 Å². The second kappa shape index (κ2) is 30.9. The van der Waals surface area contributed by atoms with Crippen LogP contribution in [-0.4, -0.2) is 23.9 Å². The lowest BCUT2D eigenvalue weighted by Gasteiger charge is -2.11. The van der Waals surface area contributed by atoms with Gasteiger partial charge < -0.3 is 18.9 Å². The predicted molar refractivity (Wildman–Crippen MR) is 288 cm³/mol. The highest BCUT2D eigenvalue weighted by Gasteiger charge is 2.18. The van der Waals surface area contributed by atoms with E-state index in [1.807, 2.05) is 24.3 Å². The summed E-state index contributed by atoms with van der Waals surface area (Å²) in [4.78, 5) is 51.8. The molecule has 0 aliphatic heterocycles. The highest BCUT2D eigenvalue weighted by molar-refractivity contribution is 5.94. The number of esters is 4. The Morgan fingerprint density at radius 1 is 0.311 bits per heavy atom. The van der Waals surface area contributed by atoms with Gasteiger partial charge in [0.15, 0.2) is 0 Å². The average molecular weight is 1010 g/mol. The fraction of sp³-hybridized carbons (Fsp3) is 0.375. The Morgan fingerprint density at radius 2 is 0.608 bits per heavy atom. The highest BCUT2D eigenvalue weighted by atomic mass is 19.1. The van der Waals surface area contributed by atoms with Crippen molar-refractivity contribution in [3.63, 3.8) is 0 Å². The molecule has 390 valence electrons. The first kappa shape index (κ1) is 56.4. The molecule has 0 radical (unpaired) electrons. The van der Waals surface area contributed by atoms with Crippen molar-refractivity contribution < 1.29 is 46.9 Å². The molecule has 8 nitrogen and oxygen atoms in total. The second-order valence-electron chi connectivity index (χ2n) is 19.1. The molecule has 0 unspecified atom stereocenters. The van der Waals surface area contributed by atoms with Gasteiger partial charge >= 0.3 is 23.9 Å². The lowest BCUT2D eigenvalue weighted by Crippen LogP contribution is -2.10. The van der Waals surface area contributed by atoms with Crippen LogP contribution in [0.2, 0.25) is 0 Å². The zero-order chi connectivity index (χ0) is 52.3. The molecule has 74 heavy (non-hydrogen) atoms. The fourth-order valence-electron chi connectivity index (χ4n) is 8.78. The molecule has 0 amide bonds. The molecule has 0 fully saturated rings. The topological polar surface area (TPSA) is 105 Å². The summed E-state index contributed by atoms with van der Waals surface area (Å²) in [5, 5.41) is 0. The summed E-state index contributed by atoms with van der Waals surface area (Å²) >= 11 is 0. The SMILES string of the molecule is CCCCCCCCCCCCc1ccc(C(=O)Oc2ccc(C(=O)Oc3ccc(-c4cc(OC(=O)c5ccc(OC(=O)c6ccc(CCCCCCCCCCCC)cc6)cc5)ccc4F)c(F)c3)cc2)cc1. The van der Waals surface area contributed by atoms with Crippen molar-refractivity contribution in [2.45, 2.75) is 155 Å². The van der Waals surface area contributed by atoms with E-state index in [1.54, 1.807) is 24.3 Å². The number of carbonyl (C=O) groups is 4. The average Bonchev–Trinajstić information content (AvgIpc) is 3.41. The van der Waals surface area contributed by atoms with Gasteiger partial charge in [-0.05, 0) is 140 Å². The van der Waals surface area contributed by atoms with Crippen LogP contribution in [0.25, 0.3) is 11.1 Å². The van der Waals surface area contributed by atoms with E-state index < -0.39 is 35.5 Å². The molecular formula is C64H72F2O8. The van der Waals surface area contributed by atoms with Crippen LogP contribution in [0.4, 0.5) is 8.78 Å². The Bertz CT molecular complexity index is 2680. The Kier molecular flexibility index (Phi) is 23.6. The third-order valence-electron chi connectivity index (χ3n) is 13.2. The Labute approximate surface area is 436 Å². The summed E-state index contributed by atoms with van der Waals surface area (Å²) in [7, 11) is 0. The Balaban J connectivity index is 0.919. The van der Waals surface area contributed by atoms with Gasteiger partial charge in [0, 0.05) is 17.2 Å². The lowest BCUT2D eigenvalue weighted by molar-refractivity contribution is 0.0720. The van der Waals surface area contributed by atoms with Crippen molar-refractivity contribution in [2.75, 3.05) is 0 Å². The summed E-state index contributed by atoms with van der Waals surface area (Å²) < 4.78 is 52.6. The normalized spacial score (nSPS) is 11.0. The molecule has 6 aromatic rings. The quantitative estimate of drug-likeness (QED) is 0.0241. The first-order chi connectivity index (χ1) is 36.1. The molecule has 0 aromatic heterocycles. The maximum Gasteiger partial charge on any atom is 0.343 e. The van der Waals surface area contributed by atoms with E-state index in [0.717, 1.165) is 37.8 Å². The van der Waals surface area contributed by atoms with Crippen LogP contribution in [0.15, 0.2) is 133 Å². The smallest absolute Gasteiger partial charge is 0.343 e. The number of carbonyl (C=O) groups excluding carboxylic acids is 4. The highest BCUT2D eigenvalue weighted by Crippen LogP contribution is 2.32. The van der Waals surface area contributed by atoms with Gasteiger partial charge in [-0.15, -0.1) is 0 Å². The largest absolute Gasteiger partial charge is 0.423 e. The third kappa shape index (κ3) is 18.8. The molecule has 0 aliphatic carbocycles. The number of hydrogen-bond acceptors (Lipinski definition) is 8. The number of halogens is 2. The van der Waals surface area contributed by atoms with E-state index in [1.165, 1.54) is 199 Å². The van der Waals surface area contributed by atoms with Crippen LogP contribution in [-0.2, 0) is 12.8 Å². The summed E-state index contributed by atoms with van der Waals surface area (Å²) in [6.07, 6.45) is 27.5. The van der Waals surface area contributed by atoms with Crippen molar-refractivity contribution >= 4 is 23.9 Å². The van der Waals surface area contributed by atoms with E-state index in [4.69, 9.17) is 18.9 Å². The summed E-state index contributed by atoms with van der Waals surface area (Å²) in [6, 6.07) is 33.4. The minimum Gasteiger partial charge on any atom is -0.423 e. The van der Waals surface area contributed by atoms with Crippen LogP contribution in [0.1, 0.15) is 195 Å². The van der Waals surface area contributed by atoms with Gasteiger partial charge in [-0.25, -0.2) is 28.0 Å². The second-order valence-corrected chi connectivity index (χ2v) is 19.1. The van der Waals surface area contributed by atoms with Gasteiger partial charge in [-0.3, -0.25) is 0 Å². The zero-order valence-corrected chi connectivity index (χ0v) is 43.3. The number of rotatable bonds is 31. The lowest BCUT2D eigenvalue weighted by atomic mass is 10.0. The standard InChI is InChI=1S/C64H72F2O8/c1-3-5-7-9-11-13-15-17-19-21-23-47-25-29-49(30-26-47)61(67)71-53-37-33-51(34-38-53)63(69)73-55-42-44-59(65)58(45-55)57-43-41-56(46-60(57)66)74-64(70)52-35-39-54(40-36-52)72-62(68)50-31-27-48(28-32-50)24-22-20-18-16-14-12-10-8-6-4-2/h25-46H,3-24H2,1-2H3. The van der Waals surface area contributed by atoms with Crippen LogP contribution in [0.3, 0.4) is 0 Å². The number of aryl methyl sites for hydroxylation is 2. The molecule has 0 bridgehead atoms. The van der Waals surface area contributed by atoms with Crippen molar-refractivity contribution in [3.05, 3.63) is 178 Å².